The molecule has 0 spiro atoms. The van der Waals surface area contributed by atoms with Gasteiger partial charge >= 0.3 is 5.97 Å². The third kappa shape index (κ3) is 2.84. The zero-order valence-electron chi connectivity index (χ0n) is 9.58. The molecule has 18 heavy (non-hydrogen) atoms. The number of Topliss-reactive ketones (excluding diaryl/α,β-unsaturated/α-hetero) is 1. The van der Waals surface area contributed by atoms with E-state index in [0.717, 1.165) is 4.88 Å². The Kier molecular flexibility index (Phi) is 3.89. The van der Waals surface area contributed by atoms with Crippen LogP contribution in [0, 0.1) is 0 Å². The summed E-state index contributed by atoms with van der Waals surface area (Å²) in [5, 5.41) is 10.8. The van der Waals surface area contributed by atoms with Gasteiger partial charge in [-0.15, -0.1) is 11.3 Å². The van der Waals surface area contributed by atoms with Gasteiger partial charge in [0.2, 0.25) is 0 Å². The van der Waals surface area contributed by atoms with Gasteiger partial charge in [0.1, 0.15) is 0 Å². The summed E-state index contributed by atoms with van der Waals surface area (Å²) >= 11 is 1.41. The number of carbonyl (C=O) groups excluding carboxylic acids is 1. The van der Waals surface area contributed by atoms with Crippen molar-refractivity contribution in [2.45, 2.75) is 12.3 Å². The Morgan fingerprint density at radius 3 is 2.39 bits per heavy atom. The Bertz CT molecular complexity index is 531. The van der Waals surface area contributed by atoms with Crippen LogP contribution in [0.1, 0.15) is 27.6 Å². The first-order valence-electron chi connectivity index (χ1n) is 5.53. The number of thiophene rings is 1. The molecule has 1 aromatic carbocycles. The van der Waals surface area contributed by atoms with Crippen molar-refractivity contribution >= 4 is 23.1 Å². The van der Waals surface area contributed by atoms with E-state index in [-0.39, 0.29) is 12.2 Å². The Morgan fingerprint density at radius 1 is 1.11 bits per heavy atom. The van der Waals surface area contributed by atoms with Crippen molar-refractivity contribution in [1.82, 2.24) is 0 Å². The predicted molar refractivity (Wildman–Crippen MR) is 70.1 cm³/mol. The van der Waals surface area contributed by atoms with Gasteiger partial charge in [0.15, 0.2) is 5.78 Å². The molecule has 1 atom stereocenters. The normalized spacial score (nSPS) is 12.0. The molecule has 3 nitrogen and oxygen atoms in total. The Morgan fingerprint density at radius 2 is 1.83 bits per heavy atom. The fraction of sp³-hybridized carbons (Fsp3) is 0.143. The molecular weight excluding hydrogens is 248 g/mol. The summed E-state index contributed by atoms with van der Waals surface area (Å²) < 4.78 is 0. The van der Waals surface area contributed by atoms with Crippen LogP contribution < -0.4 is 0 Å². The third-order valence-electron chi connectivity index (χ3n) is 2.64. The standard InChI is InChI=1S/C14H12O3S/c15-13(16)9-11(12-7-4-8-18-12)14(17)10-5-2-1-3-6-10/h1-8,11H,9H2,(H,15,16). The molecule has 0 saturated carbocycles. The highest BCUT2D eigenvalue weighted by Gasteiger charge is 2.25. The van der Waals surface area contributed by atoms with Crippen LogP contribution in [0.4, 0.5) is 0 Å². The fourth-order valence-corrected chi connectivity index (χ4v) is 2.62. The number of ketones is 1. The van der Waals surface area contributed by atoms with Crippen LogP contribution in [-0.4, -0.2) is 16.9 Å². The lowest BCUT2D eigenvalue weighted by Crippen LogP contribution is -2.15. The van der Waals surface area contributed by atoms with Gasteiger partial charge in [0.25, 0.3) is 0 Å². The van der Waals surface area contributed by atoms with E-state index in [9.17, 15) is 9.59 Å². The van der Waals surface area contributed by atoms with Gasteiger partial charge in [0.05, 0.1) is 12.3 Å². The van der Waals surface area contributed by atoms with Crippen molar-refractivity contribution in [2.75, 3.05) is 0 Å². The van der Waals surface area contributed by atoms with Crippen molar-refractivity contribution in [3.63, 3.8) is 0 Å². The molecule has 1 aromatic heterocycles. The van der Waals surface area contributed by atoms with E-state index in [1.165, 1.54) is 11.3 Å². The highest BCUT2D eigenvalue weighted by Crippen LogP contribution is 2.28. The van der Waals surface area contributed by atoms with Crippen LogP contribution in [0.15, 0.2) is 47.8 Å². The number of carboxylic acid groups (broad SMARTS) is 1. The van der Waals surface area contributed by atoms with Gasteiger partial charge in [-0.3, -0.25) is 9.59 Å². The number of rotatable bonds is 5. The molecule has 92 valence electrons. The summed E-state index contributed by atoms with van der Waals surface area (Å²) in [6.45, 7) is 0. The van der Waals surface area contributed by atoms with Crippen molar-refractivity contribution in [3.8, 4) is 0 Å². The molecule has 0 aliphatic carbocycles. The topological polar surface area (TPSA) is 54.4 Å². The van der Waals surface area contributed by atoms with Gasteiger partial charge in [-0.1, -0.05) is 36.4 Å². The minimum absolute atomic E-state index is 0.138. The summed E-state index contributed by atoms with van der Waals surface area (Å²) in [7, 11) is 0. The molecule has 4 heteroatoms. The Labute approximate surface area is 109 Å². The maximum atomic E-state index is 12.3. The highest BCUT2D eigenvalue weighted by atomic mass is 32.1. The molecule has 1 heterocycles. The lowest BCUT2D eigenvalue weighted by Gasteiger charge is -2.11. The second-order valence-corrected chi connectivity index (χ2v) is 4.88. The fourth-order valence-electron chi connectivity index (χ4n) is 1.79. The number of hydrogen-bond donors (Lipinski definition) is 1. The molecular formula is C14H12O3S. The van der Waals surface area contributed by atoms with E-state index in [1.807, 2.05) is 17.5 Å². The molecule has 2 aromatic rings. The highest BCUT2D eigenvalue weighted by molar-refractivity contribution is 7.10. The first-order chi connectivity index (χ1) is 8.68. The van der Waals surface area contributed by atoms with Gasteiger partial charge < -0.3 is 5.11 Å². The maximum Gasteiger partial charge on any atom is 0.304 e. The molecule has 2 rings (SSSR count). The SMILES string of the molecule is O=C(O)CC(C(=O)c1ccccc1)c1cccs1. The van der Waals surface area contributed by atoms with E-state index in [0.29, 0.717) is 5.56 Å². The molecule has 0 bridgehead atoms. The van der Waals surface area contributed by atoms with Gasteiger partial charge in [0, 0.05) is 10.4 Å². The van der Waals surface area contributed by atoms with E-state index in [4.69, 9.17) is 5.11 Å². The second kappa shape index (κ2) is 5.60. The van der Waals surface area contributed by atoms with E-state index >= 15 is 0 Å². The number of aliphatic carboxylic acids is 1. The second-order valence-electron chi connectivity index (χ2n) is 3.90. The smallest absolute Gasteiger partial charge is 0.304 e. The lowest BCUT2D eigenvalue weighted by atomic mass is 9.93. The van der Waals surface area contributed by atoms with Crippen LogP contribution in [-0.2, 0) is 4.79 Å². The molecule has 0 amide bonds. The Hall–Kier alpha value is -1.94. The third-order valence-corrected chi connectivity index (χ3v) is 3.63. The Balaban J connectivity index is 2.30. The van der Waals surface area contributed by atoms with E-state index in [2.05, 4.69) is 0 Å². The van der Waals surface area contributed by atoms with Crippen LogP contribution in [0.25, 0.3) is 0 Å². The average molecular weight is 260 g/mol. The minimum Gasteiger partial charge on any atom is -0.481 e. The van der Waals surface area contributed by atoms with Crippen molar-refractivity contribution in [3.05, 3.63) is 58.3 Å². The van der Waals surface area contributed by atoms with Gasteiger partial charge in [-0.2, -0.15) is 0 Å². The first-order valence-corrected chi connectivity index (χ1v) is 6.41. The summed E-state index contributed by atoms with van der Waals surface area (Å²) in [6.07, 6.45) is -0.172. The van der Waals surface area contributed by atoms with Gasteiger partial charge in [-0.05, 0) is 11.4 Å². The number of benzene rings is 1. The summed E-state index contributed by atoms with van der Waals surface area (Å²) in [6, 6.07) is 12.4. The number of hydrogen-bond acceptors (Lipinski definition) is 3. The monoisotopic (exact) mass is 260 g/mol. The molecule has 0 fully saturated rings. The zero-order chi connectivity index (χ0) is 13.0. The van der Waals surface area contributed by atoms with E-state index < -0.39 is 11.9 Å². The van der Waals surface area contributed by atoms with Crippen LogP contribution >= 0.6 is 11.3 Å². The van der Waals surface area contributed by atoms with Crippen LogP contribution in [0.3, 0.4) is 0 Å². The molecule has 0 aliphatic rings. The minimum atomic E-state index is -0.960. The number of carboxylic acids is 1. The van der Waals surface area contributed by atoms with E-state index in [1.54, 1.807) is 30.3 Å². The zero-order valence-corrected chi connectivity index (χ0v) is 10.4. The summed E-state index contributed by atoms with van der Waals surface area (Å²) in [5.74, 6) is -1.69. The quantitative estimate of drug-likeness (QED) is 0.840. The van der Waals surface area contributed by atoms with Gasteiger partial charge in [-0.25, -0.2) is 0 Å². The maximum absolute atomic E-state index is 12.3. The number of carbonyl (C=O) groups is 2. The molecule has 0 saturated heterocycles. The summed E-state index contributed by atoms with van der Waals surface area (Å²) in [4.78, 5) is 24.0. The molecule has 1 unspecified atom stereocenters. The largest absolute Gasteiger partial charge is 0.481 e. The molecule has 1 N–H and O–H groups in total. The lowest BCUT2D eigenvalue weighted by molar-refractivity contribution is -0.137. The first kappa shape index (κ1) is 12.5. The van der Waals surface area contributed by atoms with Crippen molar-refractivity contribution < 1.29 is 14.7 Å². The van der Waals surface area contributed by atoms with Crippen LogP contribution in [0.5, 0.6) is 0 Å². The summed E-state index contributed by atoms with van der Waals surface area (Å²) in [5.41, 5.74) is 0.553. The molecule has 0 aliphatic heterocycles. The molecule has 0 radical (unpaired) electrons. The van der Waals surface area contributed by atoms with Crippen molar-refractivity contribution in [2.24, 2.45) is 0 Å². The van der Waals surface area contributed by atoms with Crippen molar-refractivity contribution in [1.29, 1.82) is 0 Å². The average Bonchev–Trinajstić information content (AvgIpc) is 2.89. The van der Waals surface area contributed by atoms with Crippen LogP contribution in [0.2, 0.25) is 0 Å². The predicted octanol–water partition coefficient (Wildman–Crippen LogP) is 3.19.